The number of hydrogen-bond donors (Lipinski definition) is 0. The Morgan fingerprint density at radius 1 is 1.14 bits per heavy atom. The zero-order valence-corrected chi connectivity index (χ0v) is 13.5. The first kappa shape index (κ1) is 16.3. The molecule has 120 valence electrons. The minimum atomic E-state index is 0.254. The van der Waals surface area contributed by atoms with Gasteiger partial charge in [0.05, 0.1) is 0 Å². The molecular weight excluding hydrogens is 266 g/mol. The molecule has 21 heavy (non-hydrogen) atoms. The lowest BCUT2D eigenvalue weighted by Gasteiger charge is -2.35. The van der Waals surface area contributed by atoms with Crippen molar-refractivity contribution >= 4 is 11.8 Å². The first-order valence-electron chi connectivity index (χ1n) is 8.34. The van der Waals surface area contributed by atoms with E-state index >= 15 is 0 Å². The van der Waals surface area contributed by atoms with Gasteiger partial charge in [-0.15, -0.1) is 0 Å². The van der Waals surface area contributed by atoms with Crippen LogP contribution in [0, 0.1) is 5.92 Å². The minimum Gasteiger partial charge on any atom is -0.343 e. The topological polar surface area (TPSA) is 43.9 Å². The largest absolute Gasteiger partial charge is 0.343 e. The third kappa shape index (κ3) is 4.99. The van der Waals surface area contributed by atoms with Gasteiger partial charge in [0.1, 0.15) is 0 Å². The Labute approximate surface area is 128 Å². The van der Waals surface area contributed by atoms with Gasteiger partial charge in [0.25, 0.3) is 0 Å². The van der Waals surface area contributed by atoms with Crippen LogP contribution in [0.4, 0.5) is 0 Å². The normalized spacial score (nSPS) is 20.6. The summed E-state index contributed by atoms with van der Waals surface area (Å²) in [5.74, 6) is 1.20. The van der Waals surface area contributed by atoms with Gasteiger partial charge < -0.3 is 9.80 Å². The lowest BCUT2D eigenvalue weighted by Crippen LogP contribution is -2.49. The molecule has 2 saturated heterocycles. The first-order valence-corrected chi connectivity index (χ1v) is 8.34. The van der Waals surface area contributed by atoms with Gasteiger partial charge in [-0.1, -0.05) is 13.8 Å². The van der Waals surface area contributed by atoms with Crippen LogP contribution >= 0.6 is 0 Å². The van der Waals surface area contributed by atoms with E-state index in [4.69, 9.17) is 0 Å². The fourth-order valence-corrected chi connectivity index (χ4v) is 3.22. The van der Waals surface area contributed by atoms with Crippen molar-refractivity contribution in [3.05, 3.63) is 0 Å². The van der Waals surface area contributed by atoms with E-state index in [0.717, 1.165) is 58.7 Å². The number of piperazine rings is 1. The van der Waals surface area contributed by atoms with Gasteiger partial charge in [0.2, 0.25) is 11.8 Å². The lowest BCUT2D eigenvalue weighted by atomic mass is 10.2. The molecule has 5 nitrogen and oxygen atoms in total. The zero-order valence-electron chi connectivity index (χ0n) is 13.5. The van der Waals surface area contributed by atoms with E-state index in [1.165, 1.54) is 0 Å². The van der Waals surface area contributed by atoms with Crippen LogP contribution in [0.1, 0.15) is 39.5 Å². The Morgan fingerprint density at radius 2 is 1.86 bits per heavy atom. The van der Waals surface area contributed by atoms with E-state index in [2.05, 4.69) is 18.7 Å². The smallest absolute Gasteiger partial charge is 0.222 e. The standard InChI is InChI=1S/C16H29N3O2/c1-14(2)13-17-9-11-19(12-10-17)16(21)6-4-8-18-7-3-5-15(18)20/h14H,3-13H2,1-2H3. The van der Waals surface area contributed by atoms with Crippen molar-refractivity contribution in [1.29, 1.82) is 0 Å². The van der Waals surface area contributed by atoms with E-state index in [-0.39, 0.29) is 11.8 Å². The third-order valence-corrected chi connectivity index (χ3v) is 4.34. The summed E-state index contributed by atoms with van der Waals surface area (Å²) in [5, 5.41) is 0. The van der Waals surface area contributed by atoms with Gasteiger partial charge in [-0.2, -0.15) is 0 Å². The molecule has 2 heterocycles. The second-order valence-electron chi connectivity index (χ2n) is 6.66. The zero-order chi connectivity index (χ0) is 15.2. The summed E-state index contributed by atoms with van der Waals surface area (Å²) in [4.78, 5) is 30.0. The summed E-state index contributed by atoms with van der Waals surface area (Å²) in [6.07, 6.45) is 3.04. The van der Waals surface area contributed by atoms with Crippen LogP contribution in [0.3, 0.4) is 0 Å². The summed E-state index contributed by atoms with van der Waals surface area (Å²) in [5.41, 5.74) is 0. The first-order chi connectivity index (χ1) is 10.1. The van der Waals surface area contributed by atoms with Crippen molar-refractivity contribution < 1.29 is 9.59 Å². The number of amides is 2. The molecule has 0 aromatic heterocycles. The lowest BCUT2D eigenvalue weighted by molar-refractivity contribution is -0.134. The van der Waals surface area contributed by atoms with Crippen LogP contribution in [0.2, 0.25) is 0 Å². The molecular formula is C16H29N3O2. The van der Waals surface area contributed by atoms with E-state index < -0.39 is 0 Å². The predicted octanol–water partition coefficient (Wildman–Crippen LogP) is 1.19. The number of carbonyl (C=O) groups is 2. The maximum Gasteiger partial charge on any atom is 0.222 e. The molecule has 2 aliphatic rings. The van der Waals surface area contributed by atoms with Crippen molar-refractivity contribution in [1.82, 2.24) is 14.7 Å². The Balaban J connectivity index is 1.62. The van der Waals surface area contributed by atoms with E-state index in [1.54, 1.807) is 0 Å². The van der Waals surface area contributed by atoms with Crippen molar-refractivity contribution in [2.75, 3.05) is 45.8 Å². The van der Waals surface area contributed by atoms with Crippen LogP contribution in [0.5, 0.6) is 0 Å². The molecule has 0 unspecified atom stereocenters. The predicted molar refractivity (Wildman–Crippen MR) is 82.9 cm³/mol. The van der Waals surface area contributed by atoms with Gasteiger partial charge in [0, 0.05) is 58.7 Å². The SMILES string of the molecule is CC(C)CN1CCN(C(=O)CCCN2CCCC2=O)CC1. The van der Waals surface area contributed by atoms with Crippen molar-refractivity contribution in [2.24, 2.45) is 5.92 Å². The maximum atomic E-state index is 12.2. The van der Waals surface area contributed by atoms with Crippen LogP contribution in [-0.2, 0) is 9.59 Å². The fraction of sp³-hybridized carbons (Fsp3) is 0.875. The van der Waals surface area contributed by atoms with E-state index in [9.17, 15) is 9.59 Å². The third-order valence-electron chi connectivity index (χ3n) is 4.34. The summed E-state index contributed by atoms with van der Waals surface area (Å²) in [6, 6.07) is 0. The van der Waals surface area contributed by atoms with Crippen LogP contribution in [0.15, 0.2) is 0 Å². The highest BCUT2D eigenvalue weighted by atomic mass is 16.2. The molecule has 2 aliphatic heterocycles. The van der Waals surface area contributed by atoms with Gasteiger partial charge in [0.15, 0.2) is 0 Å². The van der Waals surface area contributed by atoms with Crippen LogP contribution < -0.4 is 0 Å². The molecule has 0 saturated carbocycles. The molecule has 0 spiro atoms. The van der Waals surface area contributed by atoms with Crippen LogP contribution in [0.25, 0.3) is 0 Å². The number of hydrogen-bond acceptors (Lipinski definition) is 3. The van der Waals surface area contributed by atoms with Gasteiger partial charge in [-0.3, -0.25) is 14.5 Å². The number of nitrogens with zero attached hydrogens (tertiary/aromatic N) is 3. The fourth-order valence-electron chi connectivity index (χ4n) is 3.22. The Bertz CT molecular complexity index is 363. The molecule has 5 heteroatoms. The molecule has 0 aromatic rings. The molecule has 2 amide bonds. The molecule has 0 bridgehead atoms. The number of rotatable bonds is 6. The minimum absolute atomic E-state index is 0.254. The number of carbonyl (C=O) groups excluding carboxylic acids is 2. The van der Waals surface area contributed by atoms with Crippen molar-refractivity contribution in [2.45, 2.75) is 39.5 Å². The molecule has 0 aromatic carbocycles. The highest BCUT2D eigenvalue weighted by Crippen LogP contribution is 2.12. The van der Waals surface area contributed by atoms with E-state index in [0.29, 0.717) is 18.8 Å². The van der Waals surface area contributed by atoms with Crippen LogP contribution in [-0.4, -0.2) is 72.3 Å². The van der Waals surface area contributed by atoms with Gasteiger partial charge in [-0.05, 0) is 18.8 Å². The molecule has 0 N–H and O–H groups in total. The molecule has 0 atom stereocenters. The summed E-state index contributed by atoms with van der Waals surface area (Å²) in [7, 11) is 0. The second kappa shape index (κ2) is 7.78. The average molecular weight is 295 g/mol. The molecule has 0 radical (unpaired) electrons. The monoisotopic (exact) mass is 295 g/mol. The van der Waals surface area contributed by atoms with E-state index in [1.807, 2.05) is 9.80 Å². The molecule has 2 rings (SSSR count). The molecule has 2 fully saturated rings. The molecule has 0 aliphatic carbocycles. The summed E-state index contributed by atoms with van der Waals surface area (Å²) >= 11 is 0. The Kier molecular flexibility index (Phi) is 6.03. The highest BCUT2D eigenvalue weighted by Gasteiger charge is 2.23. The highest BCUT2D eigenvalue weighted by molar-refractivity contribution is 5.78. The Morgan fingerprint density at radius 3 is 2.43 bits per heavy atom. The quantitative estimate of drug-likeness (QED) is 0.739. The maximum absolute atomic E-state index is 12.2. The second-order valence-corrected chi connectivity index (χ2v) is 6.66. The van der Waals surface area contributed by atoms with Gasteiger partial charge in [-0.25, -0.2) is 0 Å². The van der Waals surface area contributed by atoms with Gasteiger partial charge >= 0.3 is 0 Å². The summed E-state index contributed by atoms with van der Waals surface area (Å²) < 4.78 is 0. The van der Waals surface area contributed by atoms with Crippen molar-refractivity contribution in [3.8, 4) is 0 Å². The number of likely N-dealkylation sites (tertiary alicyclic amines) is 1. The summed E-state index contributed by atoms with van der Waals surface area (Å²) in [6.45, 7) is 10.9. The van der Waals surface area contributed by atoms with Crippen molar-refractivity contribution in [3.63, 3.8) is 0 Å². The average Bonchev–Trinajstić information content (AvgIpc) is 2.84. The Hall–Kier alpha value is -1.10.